The lowest BCUT2D eigenvalue weighted by molar-refractivity contribution is 0.0527. The Morgan fingerprint density at radius 3 is 2.35 bits per heavy atom. The van der Waals surface area contributed by atoms with Gasteiger partial charge in [-0.1, -0.05) is 0 Å². The minimum atomic E-state index is -1.05. The fourth-order valence-corrected chi connectivity index (χ4v) is 1.40. The van der Waals surface area contributed by atoms with Crippen molar-refractivity contribution in [2.75, 3.05) is 44.8 Å². The monoisotopic (exact) mass is 348 g/mol. The van der Waals surface area contributed by atoms with Crippen LogP contribution in [0.5, 0.6) is 0 Å². The van der Waals surface area contributed by atoms with Crippen LogP contribution in [-0.4, -0.2) is 60.7 Å². The number of halogens is 1. The molecule has 1 rings (SSSR count). The van der Waals surface area contributed by atoms with Crippen molar-refractivity contribution in [3.05, 3.63) is 16.9 Å². The fraction of sp³-hybridized carbons (Fsp3) is 0.545. The Kier molecular flexibility index (Phi) is 8.59. The number of carboxylic acid groups (broad SMARTS) is 1. The first-order valence-corrected chi connectivity index (χ1v) is 6.81. The molecule has 1 heterocycles. The third kappa shape index (κ3) is 8.62. The number of nitrogens with one attached hydrogen (secondary N) is 2. The third-order valence-electron chi connectivity index (χ3n) is 2.04. The molecule has 112 valence electrons. The second-order valence-electron chi connectivity index (χ2n) is 3.61. The van der Waals surface area contributed by atoms with Gasteiger partial charge in [0, 0.05) is 25.5 Å². The first kappa shape index (κ1) is 16.6. The second kappa shape index (κ2) is 10.4. The van der Waals surface area contributed by atoms with Crippen LogP contribution in [0.2, 0.25) is 0 Å². The molecule has 8 nitrogen and oxygen atoms in total. The summed E-state index contributed by atoms with van der Waals surface area (Å²) >= 11 is 3.25. The van der Waals surface area contributed by atoms with Crippen LogP contribution in [0.1, 0.15) is 0 Å². The van der Waals surface area contributed by atoms with Crippen LogP contribution in [0, 0.1) is 0 Å². The Morgan fingerprint density at radius 2 is 1.75 bits per heavy atom. The molecule has 0 aliphatic carbocycles. The molecule has 0 saturated heterocycles. The number of aromatic nitrogens is 2. The van der Waals surface area contributed by atoms with Gasteiger partial charge in [0.05, 0.1) is 30.9 Å². The quantitative estimate of drug-likeness (QED) is 0.540. The van der Waals surface area contributed by atoms with E-state index in [-0.39, 0.29) is 6.54 Å². The highest BCUT2D eigenvalue weighted by Crippen LogP contribution is 2.06. The minimum Gasteiger partial charge on any atom is -0.465 e. The van der Waals surface area contributed by atoms with E-state index in [0.717, 1.165) is 4.47 Å². The standard InChI is InChI=1S/C11H17BrN4O4/c12-9-7-15-10(16-8-9)13-1-3-19-5-6-20-4-2-14-11(17)18/h7-8,14H,1-6H2,(H,17,18)(H,13,15,16). The largest absolute Gasteiger partial charge is 0.465 e. The summed E-state index contributed by atoms with van der Waals surface area (Å²) in [5.41, 5.74) is 0. The van der Waals surface area contributed by atoms with Crippen molar-refractivity contribution >= 4 is 28.0 Å². The summed E-state index contributed by atoms with van der Waals surface area (Å²) in [4.78, 5) is 18.2. The molecule has 1 aromatic heterocycles. The van der Waals surface area contributed by atoms with Crippen LogP contribution >= 0.6 is 15.9 Å². The fourth-order valence-electron chi connectivity index (χ4n) is 1.19. The maximum Gasteiger partial charge on any atom is 0.404 e. The number of anilines is 1. The predicted octanol–water partition coefficient (Wildman–Crippen LogP) is 0.952. The molecule has 0 radical (unpaired) electrons. The average Bonchev–Trinajstić information content (AvgIpc) is 2.42. The number of rotatable bonds is 10. The summed E-state index contributed by atoms with van der Waals surface area (Å²) in [7, 11) is 0. The Bertz CT molecular complexity index is 391. The van der Waals surface area contributed by atoms with E-state index in [1.54, 1.807) is 12.4 Å². The second-order valence-corrected chi connectivity index (χ2v) is 4.52. The van der Waals surface area contributed by atoms with Gasteiger partial charge in [0.1, 0.15) is 0 Å². The normalized spacial score (nSPS) is 10.2. The van der Waals surface area contributed by atoms with Crippen LogP contribution in [0.4, 0.5) is 10.7 Å². The zero-order valence-electron chi connectivity index (χ0n) is 10.8. The number of hydrogen-bond donors (Lipinski definition) is 3. The van der Waals surface area contributed by atoms with Gasteiger partial charge in [0.15, 0.2) is 0 Å². The molecule has 0 aliphatic rings. The van der Waals surface area contributed by atoms with Gasteiger partial charge in [-0.3, -0.25) is 0 Å². The van der Waals surface area contributed by atoms with E-state index in [2.05, 4.69) is 36.5 Å². The van der Waals surface area contributed by atoms with Gasteiger partial charge in [-0.2, -0.15) is 0 Å². The Morgan fingerprint density at radius 1 is 1.15 bits per heavy atom. The van der Waals surface area contributed by atoms with Crippen molar-refractivity contribution in [1.29, 1.82) is 0 Å². The van der Waals surface area contributed by atoms with Crippen molar-refractivity contribution in [1.82, 2.24) is 15.3 Å². The average molecular weight is 349 g/mol. The molecule has 20 heavy (non-hydrogen) atoms. The Labute approximate surface area is 125 Å². The van der Waals surface area contributed by atoms with E-state index in [1.165, 1.54) is 0 Å². The first-order chi connectivity index (χ1) is 9.68. The van der Waals surface area contributed by atoms with E-state index < -0.39 is 6.09 Å². The number of ether oxygens (including phenoxy) is 2. The zero-order valence-corrected chi connectivity index (χ0v) is 12.4. The summed E-state index contributed by atoms with van der Waals surface area (Å²) in [6.07, 6.45) is 2.27. The van der Waals surface area contributed by atoms with E-state index in [0.29, 0.717) is 38.9 Å². The highest BCUT2D eigenvalue weighted by atomic mass is 79.9. The van der Waals surface area contributed by atoms with E-state index in [9.17, 15) is 4.79 Å². The minimum absolute atomic E-state index is 0.276. The van der Waals surface area contributed by atoms with Gasteiger partial charge in [-0.05, 0) is 15.9 Å². The molecule has 9 heteroatoms. The van der Waals surface area contributed by atoms with Crippen LogP contribution < -0.4 is 10.6 Å². The molecule has 1 amide bonds. The molecule has 0 atom stereocenters. The first-order valence-electron chi connectivity index (χ1n) is 6.02. The third-order valence-corrected chi connectivity index (χ3v) is 2.45. The Hall–Kier alpha value is -1.45. The summed E-state index contributed by atoms with van der Waals surface area (Å²) in [5, 5.41) is 13.5. The lowest BCUT2D eigenvalue weighted by Crippen LogP contribution is -2.25. The number of carbonyl (C=O) groups is 1. The molecule has 0 bridgehead atoms. The molecule has 1 aromatic rings. The van der Waals surface area contributed by atoms with Crippen molar-refractivity contribution in [2.45, 2.75) is 0 Å². The maximum atomic E-state index is 10.1. The van der Waals surface area contributed by atoms with E-state index in [1.807, 2.05) is 0 Å². The predicted molar refractivity (Wildman–Crippen MR) is 75.9 cm³/mol. The molecule has 0 spiro atoms. The van der Waals surface area contributed by atoms with Gasteiger partial charge in [0.2, 0.25) is 5.95 Å². The zero-order chi connectivity index (χ0) is 14.6. The molecule has 0 fully saturated rings. The maximum absolute atomic E-state index is 10.1. The molecule has 0 unspecified atom stereocenters. The van der Waals surface area contributed by atoms with Crippen LogP contribution in [0.25, 0.3) is 0 Å². The van der Waals surface area contributed by atoms with Gasteiger partial charge in [-0.15, -0.1) is 0 Å². The molecular weight excluding hydrogens is 332 g/mol. The summed E-state index contributed by atoms with van der Waals surface area (Å²) in [6.45, 7) is 2.60. The highest BCUT2D eigenvalue weighted by molar-refractivity contribution is 9.10. The molecule has 0 saturated carbocycles. The van der Waals surface area contributed by atoms with Crippen LogP contribution in [-0.2, 0) is 9.47 Å². The topological polar surface area (TPSA) is 106 Å². The van der Waals surface area contributed by atoms with E-state index >= 15 is 0 Å². The van der Waals surface area contributed by atoms with E-state index in [4.69, 9.17) is 14.6 Å². The smallest absolute Gasteiger partial charge is 0.404 e. The van der Waals surface area contributed by atoms with Gasteiger partial charge >= 0.3 is 6.09 Å². The van der Waals surface area contributed by atoms with Crippen molar-refractivity contribution in [2.24, 2.45) is 0 Å². The number of amides is 1. The highest BCUT2D eigenvalue weighted by Gasteiger charge is 1.96. The SMILES string of the molecule is O=C(O)NCCOCCOCCNc1ncc(Br)cn1. The van der Waals surface area contributed by atoms with Gasteiger partial charge in [0.25, 0.3) is 0 Å². The van der Waals surface area contributed by atoms with Crippen LogP contribution in [0.3, 0.4) is 0 Å². The number of hydrogen-bond acceptors (Lipinski definition) is 6. The molecule has 0 aliphatic heterocycles. The molecule has 0 aromatic carbocycles. The summed E-state index contributed by atoms with van der Waals surface area (Å²) in [6, 6.07) is 0. The lowest BCUT2D eigenvalue weighted by atomic mass is 10.6. The summed E-state index contributed by atoms with van der Waals surface area (Å²) < 4.78 is 11.3. The summed E-state index contributed by atoms with van der Waals surface area (Å²) in [5.74, 6) is 0.549. The Balaban J connectivity index is 1.87. The van der Waals surface area contributed by atoms with Crippen molar-refractivity contribution < 1.29 is 19.4 Å². The van der Waals surface area contributed by atoms with Crippen molar-refractivity contribution in [3.63, 3.8) is 0 Å². The van der Waals surface area contributed by atoms with Gasteiger partial charge in [-0.25, -0.2) is 14.8 Å². The van der Waals surface area contributed by atoms with Crippen molar-refractivity contribution in [3.8, 4) is 0 Å². The molecule has 3 N–H and O–H groups in total. The molecular formula is C11H17BrN4O4. The number of nitrogens with zero attached hydrogens (tertiary/aromatic N) is 2. The lowest BCUT2D eigenvalue weighted by Gasteiger charge is -2.07. The van der Waals surface area contributed by atoms with Gasteiger partial charge < -0.3 is 25.2 Å². The van der Waals surface area contributed by atoms with Crippen LogP contribution in [0.15, 0.2) is 16.9 Å².